The van der Waals surface area contributed by atoms with E-state index < -0.39 is 17.7 Å². The van der Waals surface area contributed by atoms with E-state index in [-0.39, 0.29) is 22.8 Å². The van der Waals surface area contributed by atoms with Gasteiger partial charge in [-0.2, -0.15) is 0 Å². The Labute approximate surface area is 205 Å². The van der Waals surface area contributed by atoms with Crippen LogP contribution in [0.5, 0.6) is 11.5 Å². The van der Waals surface area contributed by atoms with Crippen LogP contribution in [-0.2, 0) is 9.59 Å². The Morgan fingerprint density at radius 2 is 1.66 bits per heavy atom. The molecular formula is C29H29NO5. The molecule has 0 bridgehead atoms. The van der Waals surface area contributed by atoms with Crippen molar-refractivity contribution in [2.24, 2.45) is 5.92 Å². The Balaban J connectivity index is 1.88. The molecule has 35 heavy (non-hydrogen) atoms. The molecule has 1 aliphatic rings. The number of para-hydroxylation sites is 2. The third-order valence-corrected chi connectivity index (χ3v) is 6.09. The number of aliphatic hydroxyl groups is 1. The summed E-state index contributed by atoms with van der Waals surface area (Å²) in [5.41, 5.74) is 2.92. The van der Waals surface area contributed by atoms with Gasteiger partial charge in [0.15, 0.2) is 0 Å². The zero-order valence-corrected chi connectivity index (χ0v) is 20.3. The second-order valence-electron chi connectivity index (χ2n) is 9.20. The first-order chi connectivity index (χ1) is 16.7. The number of hydrogen-bond donors (Lipinski definition) is 2. The third kappa shape index (κ3) is 4.52. The molecule has 2 N–H and O–H groups in total. The van der Waals surface area contributed by atoms with Gasteiger partial charge in [0.1, 0.15) is 17.3 Å². The minimum atomic E-state index is -0.901. The normalized spacial score (nSPS) is 17.3. The monoisotopic (exact) mass is 471 g/mol. The number of hydrogen-bond acceptors (Lipinski definition) is 5. The first-order valence-corrected chi connectivity index (χ1v) is 11.6. The molecule has 1 aliphatic heterocycles. The van der Waals surface area contributed by atoms with E-state index in [1.54, 1.807) is 36.4 Å². The standard InChI is InChI=1S/C29H29NO5/c1-17(2)16-35-24-14-13-20(15-19(24)4)27(32)25-26(21-10-6-5-9-18(21)3)30(29(34)28(25)33)22-11-7-8-12-23(22)31/h5-15,17,26,31-32H,16H2,1-4H3/b27-25+. The highest BCUT2D eigenvalue weighted by molar-refractivity contribution is 6.52. The predicted molar refractivity (Wildman–Crippen MR) is 136 cm³/mol. The lowest BCUT2D eigenvalue weighted by molar-refractivity contribution is -0.132. The number of aryl methyl sites for hydroxylation is 2. The molecule has 6 heteroatoms. The number of nitrogens with zero attached hydrogens (tertiary/aromatic N) is 1. The molecule has 4 rings (SSSR count). The number of aliphatic hydroxyl groups excluding tert-OH is 1. The van der Waals surface area contributed by atoms with Crippen LogP contribution in [0.1, 0.15) is 42.1 Å². The van der Waals surface area contributed by atoms with E-state index in [4.69, 9.17) is 4.74 Å². The van der Waals surface area contributed by atoms with Crippen LogP contribution in [0.4, 0.5) is 5.69 Å². The quantitative estimate of drug-likeness (QED) is 0.275. The van der Waals surface area contributed by atoms with Gasteiger partial charge in [0.2, 0.25) is 0 Å². The smallest absolute Gasteiger partial charge is 0.300 e. The lowest BCUT2D eigenvalue weighted by Crippen LogP contribution is -2.29. The SMILES string of the molecule is Cc1cc(/C(O)=C2\C(=O)C(=O)N(c3ccccc3O)C2c2ccccc2C)ccc1OCC(C)C. The van der Waals surface area contributed by atoms with Crippen molar-refractivity contribution < 1.29 is 24.5 Å². The number of carbonyl (C=O) groups is 2. The van der Waals surface area contributed by atoms with Gasteiger partial charge in [-0.15, -0.1) is 0 Å². The van der Waals surface area contributed by atoms with Gasteiger partial charge in [-0.05, 0) is 66.8 Å². The molecule has 1 fully saturated rings. The number of anilines is 1. The summed E-state index contributed by atoms with van der Waals surface area (Å²) in [4.78, 5) is 27.9. The van der Waals surface area contributed by atoms with Crippen molar-refractivity contribution in [3.8, 4) is 11.5 Å². The molecule has 1 amide bonds. The van der Waals surface area contributed by atoms with Crippen molar-refractivity contribution in [3.63, 3.8) is 0 Å². The molecule has 1 unspecified atom stereocenters. The van der Waals surface area contributed by atoms with Gasteiger partial charge in [0, 0.05) is 5.56 Å². The zero-order valence-electron chi connectivity index (χ0n) is 20.3. The largest absolute Gasteiger partial charge is 0.507 e. The fourth-order valence-electron chi connectivity index (χ4n) is 4.31. The molecular weight excluding hydrogens is 442 g/mol. The first-order valence-electron chi connectivity index (χ1n) is 11.6. The first kappa shape index (κ1) is 24.1. The molecule has 0 spiro atoms. The summed E-state index contributed by atoms with van der Waals surface area (Å²) in [6, 6.07) is 18.0. The summed E-state index contributed by atoms with van der Waals surface area (Å²) in [5, 5.41) is 21.9. The van der Waals surface area contributed by atoms with Crippen LogP contribution in [0.3, 0.4) is 0 Å². The Hall–Kier alpha value is -4.06. The number of amides is 1. The maximum Gasteiger partial charge on any atom is 0.300 e. The summed E-state index contributed by atoms with van der Waals surface area (Å²) < 4.78 is 5.84. The van der Waals surface area contributed by atoms with Gasteiger partial charge in [-0.25, -0.2) is 0 Å². The molecule has 0 saturated carbocycles. The van der Waals surface area contributed by atoms with Gasteiger partial charge < -0.3 is 14.9 Å². The van der Waals surface area contributed by atoms with Crippen LogP contribution in [0.25, 0.3) is 5.76 Å². The molecule has 0 aliphatic carbocycles. The van der Waals surface area contributed by atoms with Crippen LogP contribution < -0.4 is 9.64 Å². The van der Waals surface area contributed by atoms with Crippen LogP contribution in [0.15, 0.2) is 72.3 Å². The highest BCUT2D eigenvalue weighted by Crippen LogP contribution is 2.45. The fourth-order valence-corrected chi connectivity index (χ4v) is 4.31. The Morgan fingerprint density at radius 3 is 2.31 bits per heavy atom. The van der Waals surface area contributed by atoms with Gasteiger partial charge in [-0.3, -0.25) is 14.5 Å². The van der Waals surface area contributed by atoms with Crippen molar-refractivity contribution in [2.45, 2.75) is 33.7 Å². The lowest BCUT2D eigenvalue weighted by Gasteiger charge is -2.27. The summed E-state index contributed by atoms with van der Waals surface area (Å²) in [6.07, 6.45) is 0. The van der Waals surface area contributed by atoms with Gasteiger partial charge >= 0.3 is 0 Å². The van der Waals surface area contributed by atoms with Gasteiger partial charge in [0.05, 0.1) is 23.9 Å². The molecule has 6 nitrogen and oxygen atoms in total. The van der Waals surface area contributed by atoms with E-state index in [1.165, 1.54) is 11.0 Å². The number of ether oxygens (including phenoxy) is 1. The van der Waals surface area contributed by atoms with Crippen LogP contribution in [0.2, 0.25) is 0 Å². The molecule has 1 heterocycles. The van der Waals surface area contributed by atoms with E-state index >= 15 is 0 Å². The Bertz CT molecular complexity index is 1320. The molecule has 3 aromatic rings. The maximum atomic E-state index is 13.3. The average molecular weight is 472 g/mol. The van der Waals surface area contributed by atoms with E-state index in [9.17, 15) is 19.8 Å². The Morgan fingerprint density at radius 1 is 0.971 bits per heavy atom. The number of carbonyl (C=O) groups excluding carboxylic acids is 2. The van der Waals surface area contributed by atoms with Crippen molar-refractivity contribution in [2.75, 3.05) is 11.5 Å². The Kier molecular flexibility index (Phi) is 6.65. The molecule has 1 saturated heterocycles. The van der Waals surface area contributed by atoms with E-state index in [1.807, 2.05) is 38.1 Å². The number of phenols is 1. The highest BCUT2D eigenvalue weighted by atomic mass is 16.5. The second-order valence-corrected chi connectivity index (χ2v) is 9.20. The van der Waals surface area contributed by atoms with Gasteiger partial charge in [0.25, 0.3) is 11.7 Å². The number of aromatic hydroxyl groups is 1. The highest BCUT2D eigenvalue weighted by Gasteiger charge is 2.48. The second kappa shape index (κ2) is 9.66. The summed E-state index contributed by atoms with van der Waals surface area (Å²) >= 11 is 0. The molecule has 3 aromatic carbocycles. The van der Waals surface area contributed by atoms with E-state index in [0.717, 1.165) is 11.1 Å². The number of phenolic OH excluding ortho intramolecular Hbond substituents is 1. The van der Waals surface area contributed by atoms with Crippen LogP contribution >= 0.6 is 0 Å². The number of rotatable bonds is 6. The fraction of sp³-hybridized carbons (Fsp3) is 0.241. The topological polar surface area (TPSA) is 87.1 Å². The summed E-state index contributed by atoms with van der Waals surface area (Å²) in [5.74, 6) is -0.961. The van der Waals surface area contributed by atoms with Crippen LogP contribution in [0, 0.1) is 19.8 Å². The van der Waals surface area contributed by atoms with E-state index in [2.05, 4.69) is 13.8 Å². The predicted octanol–water partition coefficient (Wildman–Crippen LogP) is 5.67. The molecule has 1 atom stereocenters. The maximum absolute atomic E-state index is 13.3. The minimum absolute atomic E-state index is 0.0252. The average Bonchev–Trinajstić information content (AvgIpc) is 3.08. The van der Waals surface area contributed by atoms with Crippen molar-refractivity contribution in [3.05, 3.63) is 94.6 Å². The zero-order chi connectivity index (χ0) is 25.3. The van der Waals surface area contributed by atoms with Gasteiger partial charge in [-0.1, -0.05) is 50.2 Å². The molecule has 180 valence electrons. The lowest BCUT2D eigenvalue weighted by atomic mass is 9.92. The van der Waals surface area contributed by atoms with E-state index in [0.29, 0.717) is 29.4 Å². The summed E-state index contributed by atoms with van der Waals surface area (Å²) in [7, 11) is 0. The molecule has 0 radical (unpaired) electrons. The third-order valence-electron chi connectivity index (χ3n) is 6.09. The summed E-state index contributed by atoms with van der Waals surface area (Å²) in [6.45, 7) is 8.43. The van der Waals surface area contributed by atoms with Crippen molar-refractivity contribution in [1.29, 1.82) is 0 Å². The van der Waals surface area contributed by atoms with Crippen molar-refractivity contribution in [1.82, 2.24) is 0 Å². The number of Topliss-reactive ketones (excluding diaryl/α,β-unsaturated/α-hetero) is 1. The number of ketones is 1. The number of benzene rings is 3. The van der Waals surface area contributed by atoms with Crippen LogP contribution in [-0.4, -0.2) is 28.5 Å². The van der Waals surface area contributed by atoms with Crippen molar-refractivity contribution >= 4 is 23.1 Å². The minimum Gasteiger partial charge on any atom is -0.507 e. The molecule has 0 aromatic heterocycles.